The lowest BCUT2D eigenvalue weighted by molar-refractivity contribution is -0.148. The van der Waals surface area contributed by atoms with Gasteiger partial charge in [0.25, 0.3) is 0 Å². The Hall–Kier alpha value is -2.56. The van der Waals surface area contributed by atoms with Gasteiger partial charge in [-0.2, -0.15) is 0 Å². The molecule has 5 heteroatoms. The van der Waals surface area contributed by atoms with Gasteiger partial charge in [-0.25, -0.2) is 4.79 Å². The van der Waals surface area contributed by atoms with Gasteiger partial charge < -0.3 is 14.6 Å². The van der Waals surface area contributed by atoms with Crippen LogP contribution in [0.15, 0.2) is 30.3 Å². The van der Waals surface area contributed by atoms with E-state index in [-0.39, 0.29) is 29.3 Å². The number of hydrogen-bond acceptors (Lipinski definition) is 5. The van der Waals surface area contributed by atoms with E-state index >= 15 is 0 Å². The van der Waals surface area contributed by atoms with Crippen LogP contribution in [0.3, 0.4) is 0 Å². The second kappa shape index (κ2) is 7.77. The lowest BCUT2D eigenvalue weighted by Crippen LogP contribution is -2.26. The van der Waals surface area contributed by atoms with Crippen molar-refractivity contribution in [1.29, 1.82) is 0 Å². The largest absolute Gasteiger partial charge is 0.506 e. The highest BCUT2D eigenvalue weighted by molar-refractivity contribution is 6.02. The Bertz CT molecular complexity index is 827. The summed E-state index contributed by atoms with van der Waals surface area (Å²) in [6, 6.07) is 9.39. The molecule has 3 rings (SSSR count). The van der Waals surface area contributed by atoms with Crippen molar-refractivity contribution < 1.29 is 24.2 Å². The second-order valence-corrected chi connectivity index (χ2v) is 6.94. The van der Waals surface area contributed by atoms with Gasteiger partial charge in [0.15, 0.2) is 0 Å². The maximum atomic E-state index is 12.3. The third kappa shape index (κ3) is 3.82. The van der Waals surface area contributed by atoms with Crippen LogP contribution in [0.2, 0.25) is 0 Å². The van der Waals surface area contributed by atoms with Crippen molar-refractivity contribution in [3.63, 3.8) is 0 Å². The molecule has 5 nitrogen and oxygen atoms in total. The van der Waals surface area contributed by atoms with Crippen LogP contribution < -0.4 is 0 Å². The van der Waals surface area contributed by atoms with Crippen LogP contribution in [-0.4, -0.2) is 30.3 Å². The van der Waals surface area contributed by atoms with E-state index in [2.05, 4.69) is 0 Å². The summed E-state index contributed by atoms with van der Waals surface area (Å²) in [7, 11) is 1.32. The van der Waals surface area contributed by atoms with Crippen LogP contribution in [0.4, 0.5) is 0 Å². The molecule has 0 aliphatic heterocycles. The fourth-order valence-corrected chi connectivity index (χ4v) is 3.96. The van der Waals surface area contributed by atoms with Crippen molar-refractivity contribution in [1.82, 2.24) is 0 Å². The number of rotatable bonds is 4. The molecule has 1 N–H and O–H groups in total. The van der Waals surface area contributed by atoms with Gasteiger partial charge >= 0.3 is 11.9 Å². The summed E-state index contributed by atoms with van der Waals surface area (Å²) >= 11 is 0. The molecule has 0 saturated heterocycles. The molecule has 0 amide bonds. The molecule has 138 valence electrons. The number of phenolic OH excluding ortho intramolecular Hbond substituents is 1. The van der Waals surface area contributed by atoms with Gasteiger partial charge in [0, 0.05) is 12.3 Å². The summed E-state index contributed by atoms with van der Waals surface area (Å²) in [5.74, 6) is -0.529. The molecule has 1 fully saturated rings. The van der Waals surface area contributed by atoms with Crippen molar-refractivity contribution in [2.45, 2.75) is 45.1 Å². The normalized spacial score (nSPS) is 19.9. The highest BCUT2D eigenvalue weighted by Gasteiger charge is 2.27. The predicted molar refractivity (Wildman–Crippen MR) is 98.2 cm³/mol. The van der Waals surface area contributed by atoms with Crippen LogP contribution in [-0.2, 0) is 20.7 Å². The highest BCUT2D eigenvalue weighted by atomic mass is 16.5. The number of carbonyl (C=O) groups excluding carboxylic acids is 2. The summed E-state index contributed by atoms with van der Waals surface area (Å²) < 4.78 is 10.3. The minimum Gasteiger partial charge on any atom is -0.506 e. The van der Waals surface area contributed by atoms with Crippen LogP contribution in [0.1, 0.15) is 48.5 Å². The Morgan fingerprint density at radius 1 is 1.23 bits per heavy atom. The summed E-state index contributed by atoms with van der Waals surface area (Å²) in [5, 5.41) is 12.2. The Morgan fingerprint density at radius 3 is 2.73 bits per heavy atom. The van der Waals surface area contributed by atoms with Gasteiger partial charge in [0.2, 0.25) is 0 Å². The number of carbonyl (C=O) groups is 2. The number of aromatic hydroxyl groups is 1. The molecule has 0 aromatic heterocycles. The monoisotopic (exact) mass is 356 g/mol. The predicted octanol–water partition coefficient (Wildman–Crippen LogP) is 4.00. The van der Waals surface area contributed by atoms with Gasteiger partial charge in [0.05, 0.1) is 7.11 Å². The Labute approximate surface area is 152 Å². The lowest BCUT2D eigenvalue weighted by atomic mass is 9.81. The topological polar surface area (TPSA) is 72.8 Å². The molecule has 0 bridgehead atoms. The number of esters is 2. The standard InChI is InChI=1S/C21H24O5/c1-13(22)26-17-8-5-6-14(11-17)10-16-12-15-7-3-4-9-18(15)20(23)19(16)21(24)25-2/h3-4,7,9,12,14,17,23H,5-6,8,10-11H2,1-2H3/t14-,17-/m0/s1. The average molecular weight is 356 g/mol. The molecular weight excluding hydrogens is 332 g/mol. The Balaban J connectivity index is 1.93. The molecule has 0 unspecified atom stereocenters. The third-order valence-electron chi connectivity index (χ3n) is 5.07. The van der Waals surface area contributed by atoms with Gasteiger partial charge in [-0.3, -0.25) is 4.79 Å². The second-order valence-electron chi connectivity index (χ2n) is 6.94. The van der Waals surface area contributed by atoms with E-state index in [1.165, 1.54) is 14.0 Å². The molecule has 1 aliphatic carbocycles. The minimum atomic E-state index is -0.532. The zero-order valence-electron chi connectivity index (χ0n) is 15.2. The fourth-order valence-electron chi connectivity index (χ4n) is 3.96. The van der Waals surface area contributed by atoms with E-state index in [0.717, 1.165) is 36.6 Å². The molecule has 1 aliphatic rings. The quantitative estimate of drug-likeness (QED) is 0.839. The number of ether oxygens (including phenoxy) is 2. The van der Waals surface area contributed by atoms with Crippen molar-refractivity contribution in [2.75, 3.05) is 7.11 Å². The van der Waals surface area contributed by atoms with Gasteiger partial charge in [-0.05, 0) is 49.0 Å². The number of fused-ring (bicyclic) bond motifs is 1. The molecular formula is C21H24O5. The summed E-state index contributed by atoms with van der Waals surface area (Å²) in [6.07, 6.45) is 4.21. The zero-order chi connectivity index (χ0) is 18.7. The van der Waals surface area contributed by atoms with E-state index in [9.17, 15) is 14.7 Å². The van der Waals surface area contributed by atoms with Crippen molar-refractivity contribution in [3.05, 3.63) is 41.5 Å². The van der Waals surface area contributed by atoms with Crippen LogP contribution >= 0.6 is 0 Å². The summed E-state index contributed by atoms with van der Waals surface area (Å²) in [6.45, 7) is 1.43. The van der Waals surface area contributed by atoms with Gasteiger partial charge in [-0.15, -0.1) is 0 Å². The zero-order valence-corrected chi connectivity index (χ0v) is 15.2. The molecule has 0 spiro atoms. The van der Waals surface area contributed by atoms with Crippen molar-refractivity contribution in [2.24, 2.45) is 5.92 Å². The van der Waals surface area contributed by atoms with Crippen LogP contribution in [0, 0.1) is 5.92 Å². The number of benzene rings is 2. The SMILES string of the molecule is COC(=O)c1c(C[C@@H]2CCC[C@H](OC(C)=O)C2)cc2ccccc2c1O. The molecule has 2 atom stereocenters. The first-order valence-electron chi connectivity index (χ1n) is 8.98. The molecule has 0 heterocycles. The first kappa shape index (κ1) is 18.2. The first-order chi connectivity index (χ1) is 12.5. The van der Waals surface area contributed by atoms with Crippen molar-refractivity contribution >= 4 is 22.7 Å². The smallest absolute Gasteiger partial charge is 0.341 e. The van der Waals surface area contributed by atoms with Crippen molar-refractivity contribution in [3.8, 4) is 5.75 Å². The van der Waals surface area contributed by atoms with Gasteiger partial charge in [0.1, 0.15) is 17.4 Å². The van der Waals surface area contributed by atoms with E-state index < -0.39 is 5.97 Å². The molecule has 0 radical (unpaired) electrons. The Kier molecular flexibility index (Phi) is 5.45. The van der Waals surface area contributed by atoms with E-state index in [1.54, 1.807) is 6.07 Å². The lowest BCUT2D eigenvalue weighted by Gasteiger charge is -2.29. The van der Waals surface area contributed by atoms with E-state index in [4.69, 9.17) is 9.47 Å². The van der Waals surface area contributed by atoms with Crippen LogP contribution in [0.5, 0.6) is 5.75 Å². The minimum absolute atomic E-state index is 0.0303. The third-order valence-corrected chi connectivity index (χ3v) is 5.07. The number of methoxy groups -OCH3 is 1. The maximum absolute atomic E-state index is 12.3. The summed E-state index contributed by atoms with van der Waals surface area (Å²) in [5.41, 5.74) is 1.02. The van der Waals surface area contributed by atoms with E-state index in [0.29, 0.717) is 11.8 Å². The fraction of sp³-hybridized carbons (Fsp3) is 0.429. The van der Waals surface area contributed by atoms with E-state index in [1.807, 2.05) is 24.3 Å². The molecule has 2 aromatic rings. The first-order valence-corrected chi connectivity index (χ1v) is 8.98. The van der Waals surface area contributed by atoms with Gasteiger partial charge in [-0.1, -0.05) is 30.3 Å². The highest BCUT2D eigenvalue weighted by Crippen LogP contribution is 2.36. The summed E-state index contributed by atoms with van der Waals surface area (Å²) in [4.78, 5) is 23.5. The number of hydrogen-bond donors (Lipinski definition) is 1. The maximum Gasteiger partial charge on any atom is 0.341 e. The number of phenols is 1. The molecule has 26 heavy (non-hydrogen) atoms. The Morgan fingerprint density at radius 2 is 2.00 bits per heavy atom. The molecule has 1 saturated carbocycles. The van der Waals surface area contributed by atoms with Crippen LogP contribution in [0.25, 0.3) is 10.8 Å². The average Bonchev–Trinajstić information content (AvgIpc) is 2.61. The molecule has 2 aromatic carbocycles.